The van der Waals surface area contributed by atoms with E-state index >= 15 is 0 Å². The Morgan fingerprint density at radius 2 is 1.67 bits per heavy atom. The van der Waals surface area contributed by atoms with Crippen molar-refractivity contribution in [1.82, 2.24) is 0 Å². The minimum Gasteiger partial charge on any atom is -0.483 e. The number of benzene rings is 3. The fraction of sp³-hybridized carbons (Fsp3) is 0.136. The van der Waals surface area contributed by atoms with Crippen LogP contribution in [0.4, 0.5) is 5.69 Å². The van der Waals surface area contributed by atoms with Crippen molar-refractivity contribution in [3.05, 3.63) is 86.4 Å². The summed E-state index contributed by atoms with van der Waals surface area (Å²) >= 11 is 18.3. The number of aryl methyl sites for hydroxylation is 1. The van der Waals surface area contributed by atoms with E-state index in [9.17, 15) is 18.3 Å². The highest BCUT2D eigenvalue weighted by Crippen LogP contribution is 2.36. The van der Waals surface area contributed by atoms with E-state index in [0.717, 1.165) is 0 Å². The molecule has 0 heterocycles. The average Bonchev–Trinajstić information content (AvgIpc) is 2.74. The molecule has 3 aromatic carbocycles. The highest BCUT2D eigenvalue weighted by atomic mass is 35.5. The third kappa shape index (κ3) is 6.38. The van der Waals surface area contributed by atoms with E-state index < -0.39 is 22.0 Å². The van der Waals surface area contributed by atoms with E-state index in [2.05, 4.69) is 5.32 Å². The predicted molar refractivity (Wildman–Crippen MR) is 129 cm³/mol. The van der Waals surface area contributed by atoms with Crippen LogP contribution in [0.2, 0.25) is 15.1 Å². The lowest BCUT2D eigenvalue weighted by Crippen LogP contribution is -2.21. The molecule has 33 heavy (non-hydrogen) atoms. The lowest BCUT2D eigenvalue weighted by Gasteiger charge is -2.18. The Labute approximate surface area is 206 Å². The van der Waals surface area contributed by atoms with Gasteiger partial charge in [-0.25, -0.2) is 13.6 Å². The van der Waals surface area contributed by atoms with Gasteiger partial charge in [0.15, 0.2) is 6.61 Å². The third-order valence-electron chi connectivity index (χ3n) is 4.68. The lowest BCUT2D eigenvalue weighted by atomic mass is 10.0. The molecule has 7 nitrogen and oxygen atoms in total. The largest absolute Gasteiger partial charge is 0.483 e. The molecule has 0 spiro atoms. The number of sulfonamides is 1. The van der Waals surface area contributed by atoms with Crippen LogP contribution in [0, 0.1) is 6.92 Å². The standard InChI is InChI=1S/C22H19Cl3N2O5S/c1-12-8-15(33(26,30)31)4-6-19(12)27-21(28)11-32-20-7-3-14(24)10-17(20)22(29)16-9-13(23)2-5-18(16)25/h2-10,22,29H,11H2,1H3,(H,27,28)(H2,26,30,31). The van der Waals surface area contributed by atoms with Crippen LogP contribution >= 0.6 is 34.8 Å². The molecular weight excluding hydrogens is 511 g/mol. The minimum atomic E-state index is -3.85. The van der Waals surface area contributed by atoms with Gasteiger partial charge in [0.25, 0.3) is 5.91 Å². The molecule has 0 aromatic heterocycles. The van der Waals surface area contributed by atoms with E-state index in [-0.39, 0.29) is 17.3 Å². The molecule has 0 radical (unpaired) electrons. The first-order chi connectivity index (χ1) is 15.5. The number of halogens is 3. The average molecular weight is 530 g/mol. The molecule has 0 saturated carbocycles. The van der Waals surface area contributed by atoms with Gasteiger partial charge in [-0.3, -0.25) is 4.79 Å². The second-order valence-corrected chi connectivity index (χ2v) is 9.95. The van der Waals surface area contributed by atoms with Gasteiger partial charge in [0.05, 0.1) is 4.90 Å². The topological polar surface area (TPSA) is 119 Å². The zero-order chi connectivity index (χ0) is 24.3. The van der Waals surface area contributed by atoms with Crippen molar-refractivity contribution in [2.75, 3.05) is 11.9 Å². The van der Waals surface area contributed by atoms with Gasteiger partial charge in [-0.1, -0.05) is 34.8 Å². The maximum atomic E-state index is 12.4. The Morgan fingerprint density at radius 3 is 2.30 bits per heavy atom. The molecular formula is C22H19Cl3N2O5S. The Morgan fingerprint density at radius 1 is 1.03 bits per heavy atom. The Bertz CT molecular complexity index is 1320. The van der Waals surface area contributed by atoms with Gasteiger partial charge in [-0.05, 0) is 67.1 Å². The number of ether oxygens (including phenoxy) is 1. The first kappa shape index (κ1) is 25.3. The van der Waals surface area contributed by atoms with E-state index in [0.29, 0.717) is 37.4 Å². The second-order valence-electron chi connectivity index (χ2n) is 7.11. The zero-order valence-corrected chi connectivity index (χ0v) is 20.3. The molecule has 4 N–H and O–H groups in total. The molecule has 1 atom stereocenters. The number of carbonyl (C=O) groups excluding carboxylic acids is 1. The van der Waals surface area contributed by atoms with Crippen LogP contribution in [0.5, 0.6) is 5.75 Å². The highest BCUT2D eigenvalue weighted by molar-refractivity contribution is 7.89. The summed E-state index contributed by atoms with van der Waals surface area (Å²) in [5.41, 5.74) is 1.56. The van der Waals surface area contributed by atoms with Crippen LogP contribution in [0.1, 0.15) is 22.8 Å². The number of carbonyl (C=O) groups is 1. The maximum Gasteiger partial charge on any atom is 0.262 e. The van der Waals surface area contributed by atoms with Gasteiger partial charge in [-0.15, -0.1) is 0 Å². The number of anilines is 1. The number of aliphatic hydroxyl groups is 1. The number of hydrogen-bond acceptors (Lipinski definition) is 5. The van der Waals surface area contributed by atoms with Gasteiger partial charge >= 0.3 is 0 Å². The number of primary sulfonamides is 1. The van der Waals surface area contributed by atoms with Crippen LogP contribution in [-0.2, 0) is 14.8 Å². The van der Waals surface area contributed by atoms with E-state index in [4.69, 9.17) is 44.7 Å². The molecule has 1 unspecified atom stereocenters. The van der Waals surface area contributed by atoms with Gasteiger partial charge in [-0.2, -0.15) is 0 Å². The molecule has 11 heteroatoms. The first-order valence-corrected chi connectivity index (χ1v) is 12.1. The Kier molecular flexibility index (Phi) is 7.89. The quantitative estimate of drug-likeness (QED) is 0.410. The highest BCUT2D eigenvalue weighted by Gasteiger charge is 2.20. The number of nitrogens with one attached hydrogen (secondary N) is 1. The van der Waals surface area contributed by atoms with Crippen molar-refractivity contribution in [2.24, 2.45) is 5.14 Å². The summed E-state index contributed by atoms with van der Waals surface area (Å²) in [5.74, 6) is -0.281. The van der Waals surface area contributed by atoms with Crippen molar-refractivity contribution in [3.8, 4) is 5.75 Å². The monoisotopic (exact) mass is 528 g/mol. The number of hydrogen-bond donors (Lipinski definition) is 3. The Hall–Kier alpha value is -2.33. The normalized spacial score (nSPS) is 12.3. The van der Waals surface area contributed by atoms with Crippen molar-refractivity contribution in [3.63, 3.8) is 0 Å². The molecule has 0 saturated heterocycles. The van der Waals surface area contributed by atoms with Crippen LogP contribution < -0.4 is 15.2 Å². The Balaban J connectivity index is 1.77. The van der Waals surface area contributed by atoms with Crippen LogP contribution in [0.25, 0.3) is 0 Å². The van der Waals surface area contributed by atoms with Crippen LogP contribution in [-0.4, -0.2) is 26.0 Å². The fourth-order valence-electron chi connectivity index (χ4n) is 3.04. The molecule has 0 bridgehead atoms. The second kappa shape index (κ2) is 10.3. The number of amides is 1. The molecule has 3 rings (SSSR count). The van der Waals surface area contributed by atoms with Gasteiger partial charge in [0, 0.05) is 31.9 Å². The fourth-order valence-corrected chi connectivity index (χ4v) is 4.22. The molecule has 0 fully saturated rings. The molecule has 0 aliphatic rings. The SMILES string of the molecule is Cc1cc(S(N)(=O)=O)ccc1NC(=O)COc1ccc(Cl)cc1C(O)c1cc(Cl)ccc1Cl. The summed E-state index contributed by atoms with van der Waals surface area (Å²) in [5, 5.41) is 19.7. The molecule has 0 aliphatic heterocycles. The van der Waals surface area contributed by atoms with E-state index in [1.807, 2.05) is 0 Å². The number of rotatable bonds is 7. The van der Waals surface area contributed by atoms with E-state index in [1.54, 1.807) is 25.1 Å². The van der Waals surface area contributed by atoms with Crippen molar-refractivity contribution in [1.29, 1.82) is 0 Å². The smallest absolute Gasteiger partial charge is 0.262 e. The molecule has 1 amide bonds. The number of nitrogens with two attached hydrogens (primary N) is 1. The summed E-state index contributed by atoms with van der Waals surface area (Å²) in [6.07, 6.45) is -1.21. The maximum absolute atomic E-state index is 12.4. The zero-order valence-electron chi connectivity index (χ0n) is 17.2. The minimum absolute atomic E-state index is 0.0614. The molecule has 3 aromatic rings. The summed E-state index contributed by atoms with van der Waals surface area (Å²) < 4.78 is 28.5. The first-order valence-electron chi connectivity index (χ1n) is 9.44. The van der Waals surface area contributed by atoms with Gasteiger partial charge in [0.2, 0.25) is 10.0 Å². The van der Waals surface area contributed by atoms with Crippen molar-refractivity contribution < 1.29 is 23.1 Å². The molecule has 0 aliphatic carbocycles. The van der Waals surface area contributed by atoms with Crippen molar-refractivity contribution >= 4 is 56.4 Å². The van der Waals surface area contributed by atoms with Crippen LogP contribution in [0.15, 0.2) is 59.5 Å². The molecule has 174 valence electrons. The van der Waals surface area contributed by atoms with Gasteiger partial charge < -0.3 is 15.2 Å². The predicted octanol–water partition coefficient (Wildman–Crippen LogP) is 4.70. The summed E-state index contributed by atoms with van der Waals surface area (Å²) in [4.78, 5) is 12.4. The summed E-state index contributed by atoms with van der Waals surface area (Å²) in [6, 6.07) is 13.4. The summed E-state index contributed by atoms with van der Waals surface area (Å²) in [7, 11) is -3.85. The van der Waals surface area contributed by atoms with Crippen LogP contribution in [0.3, 0.4) is 0 Å². The summed E-state index contributed by atoms with van der Waals surface area (Å²) in [6.45, 7) is 1.24. The van der Waals surface area contributed by atoms with Gasteiger partial charge in [0.1, 0.15) is 11.9 Å². The lowest BCUT2D eigenvalue weighted by molar-refractivity contribution is -0.118. The third-order valence-corrected chi connectivity index (χ3v) is 6.40. The van der Waals surface area contributed by atoms with E-state index in [1.165, 1.54) is 36.4 Å². The number of aliphatic hydroxyl groups excluding tert-OH is 1. The van der Waals surface area contributed by atoms with Crippen molar-refractivity contribution in [2.45, 2.75) is 17.9 Å².